The van der Waals surface area contributed by atoms with Gasteiger partial charge in [0, 0.05) is 19.4 Å². The number of phenolic OH excluding ortho intramolecular Hbond substituents is 1. The molecule has 0 unspecified atom stereocenters. The molecule has 5 heteroatoms. The Hall–Kier alpha value is -2.04. The van der Waals surface area contributed by atoms with E-state index < -0.39 is 0 Å². The number of amides is 1. The summed E-state index contributed by atoms with van der Waals surface area (Å²) >= 11 is 0. The Kier molecular flexibility index (Phi) is 19.6. The van der Waals surface area contributed by atoms with E-state index >= 15 is 0 Å². The van der Waals surface area contributed by atoms with Gasteiger partial charge in [-0.05, 0) is 46.8 Å². The first-order valence-electron chi connectivity index (χ1n) is 17.7. The van der Waals surface area contributed by atoms with Crippen LogP contribution >= 0.6 is 0 Å². The predicted molar refractivity (Wildman–Crippen MR) is 182 cm³/mol. The number of hydrogen-bond acceptors (Lipinski definition) is 4. The van der Waals surface area contributed by atoms with Crippen LogP contribution in [-0.4, -0.2) is 30.1 Å². The number of esters is 1. The van der Waals surface area contributed by atoms with E-state index in [4.69, 9.17) is 4.74 Å². The average Bonchev–Trinajstić information content (AvgIpc) is 2.93. The fraction of sp³-hybridized carbons (Fsp3) is 0.789. The van der Waals surface area contributed by atoms with Crippen LogP contribution in [0.5, 0.6) is 5.75 Å². The Bertz CT molecular complexity index is 874. The molecule has 0 aromatic heterocycles. The molecular formula is C38H67NO4. The highest BCUT2D eigenvalue weighted by Gasteiger charge is 2.26. The summed E-state index contributed by atoms with van der Waals surface area (Å²) < 4.78 is 5.42. The number of phenols is 1. The molecule has 1 amide bonds. The summed E-state index contributed by atoms with van der Waals surface area (Å²) in [5.74, 6) is 0.220. The van der Waals surface area contributed by atoms with Crippen LogP contribution in [0.25, 0.3) is 0 Å². The molecule has 0 atom stereocenters. The molecule has 0 aliphatic rings. The Balaban J connectivity index is 2.09. The van der Waals surface area contributed by atoms with Crippen LogP contribution in [0, 0.1) is 0 Å². The molecule has 0 aliphatic heterocycles. The van der Waals surface area contributed by atoms with Crippen molar-refractivity contribution in [1.29, 1.82) is 0 Å². The third kappa shape index (κ3) is 18.4. The minimum Gasteiger partial charge on any atom is -0.507 e. The summed E-state index contributed by atoms with van der Waals surface area (Å²) in [6.45, 7) is 15.7. The van der Waals surface area contributed by atoms with Gasteiger partial charge in [-0.2, -0.15) is 0 Å². The third-order valence-electron chi connectivity index (χ3n) is 8.32. The highest BCUT2D eigenvalue weighted by molar-refractivity contribution is 5.75. The Labute approximate surface area is 265 Å². The van der Waals surface area contributed by atoms with E-state index in [1.54, 1.807) is 0 Å². The first kappa shape index (κ1) is 39.0. The average molecular weight is 602 g/mol. The van der Waals surface area contributed by atoms with Gasteiger partial charge in [-0.15, -0.1) is 0 Å². The largest absolute Gasteiger partial charge is 0.507 e. The lowest BCUT2D eigenvalue weighted by atomic mass is 9.78. The number of benzene rings is 1. The molecule has 1 aromatic rings. The van der Waals surface area contributed by atoms with Crippen LogP contribution in [0.4, 0.5) is 0 Å². The second-order valence-electron chi connectivity index (χ2n) is 14.7. The van der Waals surface area contributed by atoms with E-state index in [0.717, 1.165) is 29.5 Å². The van der Waals surface area contributed by atoms with Crippen LogP contribution in [0.15, 0.2) is 12.1 Å². The summed E-state index contributed by atoms with van der Waals surface area (Å²) in [6.07, 6.45) is 21.9. The molecule has 0 fully saturated rings. The zero-order valence-corrected chi connectivity index (χ0v) is 29.2. The number of carbonyl (C=O) groups is 2. The van der Waals surface area contributed by atoms with Crippen LogP contribution in [-0.2, 0) is 31.6 Å². The standard InChI is InChI=1S/C38H67NO4/c1-8-9-10-11-12-13-14-15-16-17-18-19-20-21-22-24-34(40)39-27-23-28-43-35(41)26-25-31-29-32(37(2,3)4)36(42)33(30-31)38(5,6)7/h29-30,42H,8-28H2,1-7H3,(H,39,40). The van der Waals surface area contributed by atoms with Gasteiger partial charge in [0.2, 0.25) is 5.91 Å². The van der Waals surface area contributed by atoms with Crippen molar-refractivity contribution in [1.82, 2.24) is 5.32 Å². The fourth-order valence-corrected chi connectivity index (χ4v) is 5.53. The van der Waals surface area contributed by atoms with E-state index in [0.29, 0.717) is 44.6 Å². The molecular weight excluding hydrogens is 534 g/mol. The van der Waals surface area contributed by atoms with Gasteiger partial charge in [0.25, 0.3) is 0 Å². The Morgan fingerprint density at radius 3 is 1.56 bits per heavy atom. The highest BCUT2D eigenvalue weighted by Crippen LogP contribution is 2.40. The zero-order chi connectivity index (χ0) is 32.1. The van der Waals surface area contributed by atoms with Crippen molar-refractivity contribution >= 4 is 11.9 Å². The normalized spacial score (nSPS) is 12.0. The zero-order valence-electron chi connectivity index (χ0n) is 29.2. The molecule has 0 saturated carbocycles. The summed E-state index contributed by atoms with van der Waals surface area (Å²) in [5, 5.41) is 13.9. The maximum Gasteiger partial charge on any atom is 0.306 e. The topological polar surface area (TPSA) is 75.6 Å². The minimum absolute atomic E-state index is 0.0951. The summed E-state index contributed by atoms with van der Waals surface area (Å²) in [6, 6.07) is 4.04. The number of nitrogens with one attached hydrogen (secondary N) is 1. The Morgan fingerprint density at radius 2 is 1.12 bits per heavy atom. The predicted octanol–water partition coefficient (Wildman–Crippen LogP) is 10.2. The molecule has 2 N–H and O–H groups in total. The number of carbonyl (C=O) groups excluding carboxylic acids is 2. The summed E-state index contributed by atoms with van der Waals surface area (Å²) in [4.78, 5) is 24.5. The molecule has 0 saturated heterocycles. The maximum atomic E-state index is 12.4. The molecule has 248 valence electrons. The van der Waals surface area contributed by atoms with Crippen molar-refractivity contribution in [3.63, 3.8) is 0 Å². The van der Waals surface area contributed by atoms with Gasteiger partial charge in [0.15, 0.2) is 0 Å². The molecule has 0 heterocycles. The van der Waals surface area contributed by atoms with Gasteiger partial charge in [-0.3, -0.25) is 9.59 Å². The first-order valence-corrected chi connectivity index (χ1v) is 17.7. The number of aromatic hydroxyl groups is 1. The van der Waals surface area contributed by atoms with Gasteiger partial charge >= 0.3 is 5.97 Å². The van der Waals surface area contributed by atoms with Crippen molar-refractivity contribution in [3.05, 3.63) is 28.8 Å². The van der Waals surface area contributed by atoms with Crippen molar-refractivity contribution < 1.29 is 19.4 Å². The van der Waals surface area contributed by atoms with E-state index in [9.17, 15) is 14.7 Å². The van der Waals surface area contributed by atoms with E-state index in [1.165, 1.54) is 83.5 Å². The molecule has 5 nitrogen and oxygen atoms in total. The number of unbranched alkanes of at least 4 members (excludes halogenated alkanes) is 14. The SMILES string of the molecule is CCCCCCCCCCCCCCCCCC(=O)NCCCOC(=O)CCc1cc(C(C)(C)C)c(O)c(C(C)(C)C)c1. The fourth-order valence-electron chi connectivity index (χ4n) is 5.53. The van der Waals surface area contributed by atoms with Crippen LogP contribution < -0.4 is 5.32 Å². The number of aryl methyl sites for hydroxylation is 1. The molecule has 0 bridgehead atoms. The lowest BCUT2D eigenvalue weighted by molar-refractivity contribution is -0.143. The van der Waals surface area contributed by atoms with Crippen LogP contribution in [0.3, 0.4) is 0 Å². The van der Waals surface area contributed by atoms with Crippen molar-refractivity contribution in [2.24, 2.45) is 0 Å². The van der Waals surface area contributed by atoms with E-state index in [2.05, 4.69) is 53.8 Å². The minimum atomic E-state index is -0.230. The van der Waals surface area contributed by atoms with Gasteiger partial charge in [0.05, 0.1) is 6.61 Å². The van der Waals surface area contributed by atoms with Gasteiger partial charge in [0.1, 0.15) is 5.75 Å². The molecule has 1 aromatic carbocycles. The Morgan fingerprint density at radius 1 is 0.674 bits per heavy atom. The highest BCUT2D eigenvalue weighted by atomic mass is 16.5. The van der Waals surface area contributed by atoms with Crippen LogP contribution in [0.2, 0.25) is 0 Å². The molecule has 1 rings (SSSR count). The lowest BCUT2D eigenvalue weighted by Gasteiger charge is -2.28. The lowest BCUT2D eigenvalue weighted by Crippen LogP contribution is -2.25. The second kappa shape index (κ2) is 21.6. The van der Waals surface area contributed by atoms with E-state index in [1.807, 2.05) is 12.1 Å². The quantitative estimate of drug-likeness (QED) is 0.0966. The smallest absolute Gasteiger partial charge is 0.306 e. The number of ether oxygens (including phenoxy) is 1. The number of hydrogen-bond donors (Lipinski definition) is 2. The third-order valence-corrected chi connectivity index (χ3v) is 8.32. The monoisotopic (exact) mass is 602 g/mol. The molecule has 0 aliphatic carbocycles. The molecule has 0 spiro atoms. The summed E-state index contributed by atoms with van der Waals surface area (Å²) in [7, 11) is 0. The van der Waals surface area contributed by atoms with E-state index in [-0.39, 0.29) is 22.7 Å². The second-order valence-corrected chi connectivity index (χ2v) is 14.7. The van der Waals surface area contributed by atoms with Crippen molar-refractivity contribution in [3.8, 4) is 5.75 Å². The van der Waals surface area contributed by atoms with Gasteiger partial charge < -0.3 is 15.2 Å². The number of rotatable bonds is 23. The first-order chi connectivity index (χ1) is 20.4. The van der Waals surface area contributed by atoms with Crippen molar-refractivity contribution in [2.45, 2.75) is 181 Å². The van der Waals surface area contributed by atoms with Gasteiger partial charge in [-0.1, -0.05) is 150 Å². The maximum absolute atomic E-state index is 12.4. The summed E-state index contributed by atoms with van der Waals surface area (Å²) in [5.41, 5.74) is 2.46. The van der Waals surface area contributed by atoms with Gasteiger partial charge in [-0.25, -0.2) is 0 Å². The van der Waals surface area contributed by atoms with Crippen LogP contribution in [0.1, 0.15) is 181 Å². The molecule has 0 radical (unpaired) electrons. The van der Waals surface area contributed by atoms with Crippen molar-refractivity contribution in [2.75, 3.05) is 13.2 Å². The molecule has 43 heavy (non-hydrogen) atoms.